The summed E-state index contributed by atoms with van der Waals surface area (Å²) in [5.41, 5.74) is 10.1. The van der Waals surface area contributed by atoms with Crippen LogP contribution in [0.4, 0.5) is 20.2 Å². The van der Waals surface area contributed by atoms with Gasteiger partial charge in [-0.2, -0.15) is 0 Å². The summed E-state index contributed by atoms with van der Waals surface area (Å²) in [5.74, 6) is -0.555. The predicted molar refractivity (Wildman–Crippen MR) is 173 cm³/mol. The molecule has 2 aromatic heterocycles. The lowest BCUT2D eigenvalue weighted by molar-refractivity contribution is 0.0768. The van der Waals surface area contributed by atoms with E-state index in [0.29, 0.717) is 44.6 Å². The van der Waals surface area contributed by atoms with Crippen molar-refractivity contribution in [1.82, 2.24) is 9.97 Å². The molecule has 1 saturated carbocycles. The number of hydrogen-bond acceptors (Lipinski definition) is 7. The van der Waals surface area contributed by atoms with Crippen molar-refractivity contribution in [3.8, 4) is 11.3 Å². The van der Waals surface area contributed by atoms with E-state index in [1.807, 2.05) is 39.4 Å². The number of rotatable bonds is 8. The Morgan fingerprint density at radius 1 is 1.11 bits per heavy atom. The zero-order valence-corrected chi connectivity index (χ0v) is 26.9. The fraction of sp³-hybridized carbons (Fsp3) is 0.514. The Kier molecular flexibility index (Phi) is 11.1. The Morgan fingerprint density at radius 3 is 2.52 bits per heavy atom. The highest BCUT2D eigenvalue weighted by Crippen LogP contribution is 2.50. The van der Waals surface area contributed by atoms with Crippen molar-refractivity contribution in [2.24, 2.45) is 23.0 Å². The number of benzene rings is 1. The van der Waals surface area contributed by atoms with Crippen LogP contribution in [0.3, 0.4) is 0 Å². The monoisotopic (exact) mass is 607 g/mol. The van der Waals surface area contributed by atoms with E-state index in [0.717, 1.165) is 24.2 Å². The smallest absolute Gasteiger partial charge is 0.168 e. The molecular weight excluding hydrogens is 560 g/mol. The standard InChI is InChI=1S/C33H41F2N5O2.C2H6/c1-20-26(14-21(15-29(20)36)25-7-8-38-18-30(25)37-4)33(2,3)17-22-13-24(40-9-11-42-12-10-40)16-28(35)31(22)32-27(34)6-5-23(19-41)39-32;1-2/h5-8,13,16,18-21,26,29,37H,9-12,14-15,17,36H2,1-4H3;1-2H3. The van der Waals surface area contributed by atoms with Gasteiger partial charge in [0, 0.05) is 43.6 Å². The average Bonchev–Trinajstić information content (AvgIpc) is 3.03. The summed E-state index contributed by atoms with van der Waals surface area (Å²) in [7, 11) is 1.90. The normalized spacial score (nSPS) is 22.2. The Hall–Kier alpha value is -3.43. The van der Waals surface area contributed by atoms with E-state index in [-0.39, 0.29) is 46.2 Å². The zero-order chi connectivity index (χ0) is 32.0. The quantitative estimate of drug-likeness (QED) is 0.270. The maximum absolute atomic E-state index is 16.1. The van der Waals surface area contributed by atoms with Gasteiger partial charge in [-0.05, 0) is 83.9 Å². The first-order valence-electron chi connectivity index (χ1n) is 15.8. The lowest BCUT2D eigenvalue weighted by Crippen LogP contribution is -2.46. The zero-order valence-electron chi connectivity index (χ0n) is 26.9. The molecule has 0 radical (unpaired) electrons. The second kappa shape index (κ2) is 14.6. The van der Waals surface area contributed by atoms with E-state index in [1.54, 1.807) is 0 Å². The van der Waals surface area contributed by atoms with Crippen molar-refractivity contribution >= 4 is 17.7 Å². The molecule has 44 heavy (non-hydrogen) atoms. The second-order valence-corrected chi connectivity index (χ2v) is 12.4. The molecule has 0 spiro atoms. The van der Waals surface area contributed by atoms with Crippen LogP contribution >= 0.6 is 0 Å². The number of aldehydes is 1. The summed E-state index contributed by atoms with van der Waals surface area (Å²) in [6.07, 6.45) is 6.48. The minimum Gasteiger partial charge on any atom is -0.387 e. The first-order valence-corrected chi connectivity index (χ1v) is 15.8. The van der Waals surface area contributed by atoms with Crippen LogP contribution in [0.1, 0.15) is 75.0 Å². The molecule has 3 N–H and O–H groups in total. The molecule has 1 saturated heterocycles. The van der Waals surface area contributed by atoms with Crippen molar-refractivity contribution in [1.29, 1.82) is 0 Å². The highest BCUT2D eigenvalue weighted by Gasteiger charge is 2.43. The number of ether oxygens (including phenoxy) is 1. The van der Waals surface area contributed by atoms with Crippen LogP contribution < -0.4 is 16.0 Å². The van der Waals surface area contributed by atoms with E-state index in [4.69, 9.17) is 10.5 Å². The Labute approximate surface area is 260 Å². The number of carbonyl (C=O) groups is 1. The molecule has 9 heteroatoms. The van der Waals surface area contributed by atoms with Crippen molar-refractivity contribution in [3.05, 3.63) is 71.2 Å². The highest BCUT2D eigenvalue weighted by molar-refractivity contribution is 5.76. The molecule has 1 aliphatic carbocycles. The van der Waals surface area contributed by atoms with Gasteiger partial charge in [-0.3, -0.25) is 9.78 Å². The lowest BCUT2D eigenvalue weighted by Gasteiger charge is -2.47. The summed E-state index contributed by atoms with van der Waals surface area (Å²) in [6.45, 7) is 13.0. The second-order valence-electron chi connectivity index (χ2n) is 12.4. The molecule has 1 aromatic carbocycles. The molecule has 3 heterocycles. The summed E-state index contributed by atoms with van der Waals surface area (Å²) >= 11 is 0. The van der Waals surface area contributed by atoms with Gasteiger partial charge in [0.05, 0.1) is 25.1 Å². The third-order valence-corrected chi connectivity index (χ3v) is 9.38. The molecule has 1 aliphatic heterocycles. The maximum Gasteiger partial charge on any atom is 0.168 e. The van der Waals surface area contributed by atoms with Gasteiger partial charge in [0.25, 0.3) is 0 Å². The average molecular weight is 608 g/mol. The van der Waals surface area contributed by atoms with Gasteiger partial charge in [-0.25, -0.2) is 13.8 Å². The third-order valence-electron chi connectivity index (χ3n) is 9.38. The van der Waals surface area contributed by atoms with Crippen LogP contribution in [0.2, 0.25) is 0 Å². The Bertz CT molecular complexity index is 1430. The van der Waals surface area contributed by atoms with Crippen LogP contribution in [-0.2, 0) is 11.2 Å². The number of pyridine rings is 2. The van der Waals surface area contributed by atoms with Crippen molar-refractivity contribution < 1.29 is 18.3 Å². The maximum atomic E-state index is 16.1. The molecule has 2 aliphatic rings. The lowest BCUT2D eigenvalue weighted by atomic mass is 9.59. The van der Waals surface area contributed by atoms with E-state index in [9.17, 15) is 4.79 Å². The molecule has 4 unspecified atom stereocenters. The number of halogens is 2. The minimum absolute atomic E-state index is 0.00910. The fourth-order valence-corrected chi connectivity index (χ4v) is 7.09. The van der Waals surface area contributed by atoms with E-state index >= 15 is 8.78 Å². The first kappa shape index (κ1) is 33.5. The molecule has 238 valence electrons. The number of hydrogen-bond donors (Lipinski definition) is 2. The third kappa shape index (κ3) is 7.10. The molecular formula is C35H47F2N5O2. The summed E-state index contributed by atoms with van der Waals surface area (Å²) in [6, 6.07) is 7.95. The Morgan fingerprint density at radius 2 is 1.84 bits per heavy atom. The molecule has 5 rings (SSSR count). The SMILES string of the molecule is CC.CNc1cnccc1C1CC(N)C(C)C(C(C)(C)Cc2cc(N3CCOCC3)cc(F)c2-c2nc(C=O)ccc2F)C1. The molecule has 7 nitrogen and oxygen atoms in total. The minimum atomic E-state index is -0.664. The number of nitrogens with two attached hydrogens (primary N) is 1. The molecule has 0 amide bonds. The number of nitrogens with one attached hydrogen (secondary N) is 1. The van der Waals surface area contributed by atoms with Gasteiger partial charge in [0.15, 0.2) is 6.29 Å². The Balaban J connectivity index is 0.00000216. The summed E-state index contributed by atoms with van der Waals surface area (Å²) in [4.78, 5) is 22.1. The van der Waals surface area contributed by atoms with Crippen LogP contribution in [0.25, 0.3) is 11.3 Å². The molecule has 4 atom stereocenters. The highest BCUT2D eigenvalue weighted by atomic mass is 19.1. The van der Waals surface area contributed by atoms with Crippen LogP contribution in [-0.4, -0.2) is 55.6 Å². The number of carbonyl (C=O) groups excluding carboxylic acids is 1. The van der Waals surface area contributed by atoms with Crippen molar-refractivity contribution in [2.75, 3.05) is 43.6 Å². The molecule has 3 aromatic rings. The first-order chi connectivity index (χ1) is 21.1. The van der Waals surface area contributed by atoms with Gasteiger partial charge in [-0.15, -0.1) is 0 Å². The van der Waals surface area contributed by atoms with E-state index in [1.165, 1.54) is 23.8 Å². The van der Waals surface area contributed by atoms with E-state index in [2.05, 4.69) is 47.0 Å². The number of aromatic nitrogens is 2. The van der Waals surface area contributed by atoms with Gasteiger partial charge >= 0.3 is 0 Å². The number of nitrogens with zero attached hydrogens (tertiary/aromatic N) is 3. The topological polar surface area (TPSA) is 93.4 Å². The molecule has 2 fully saturated rings. The van der Waals surface area contributed by atoms with Crippen LogP contribution in [0.15, 0.2) is 42.7 Å². The van der Waals surface area contributed by atoms with E-state index < -0.39 is 11.6 Å². The molecule has 0 bridgehead atoms. The predicted octanol–water partition coefficient (Wildman–Crippen LogP) is 6.86. The van der Waals surface area contributed by atoms with Crippen molar-refractivity contribution in [2.45, 2.75) is 65.8 Å². The number of anilines is 2. The summed E-state index contributed by atoms with van der Waals surface area (Å²) < 4.78 is 36.8. The largest absolute Gasteiger partial charge is 0.387 e. The summed E-state index contributed by atoms with van der Waals surface area (Å²) in [5, 5.41) is 3.27. The van der Waals surface area contributed by atoms with Crippen LogP contribution in [0, 0.1) is 28.9 Å². The van der Waals surface area contributed by atoms with Gasteiger partial charge < -0.3 is 20.7 Å². The fourth-order valence-electron chi connectivity index (χ4n) is 7.09. The van der Waals surface area contributed by atoms with Gasteiger partial charge in [-0.1, -0.05) is 34.6 Å². The van der Waals surface area contributed by atoms with Crippen LogP contribution in [0.5, 0.6) is 0 Å². The number of morpholine rings is 1. The van der Waals surface area contributed by atoms with Gasteiger partial charge in [0.1, 0.15) is 23.0 Å². The van der Waals surface area contributed by atoms with Crippen molar-refractivity contribution in [3.63, 3.8) is 0 Å². The van der Waals surface area contributed by atoms with Gasteiger partial charge in [0.2, 0.25) is 0 Å².